The van der Waals surface area contributed by atoms with E-state index in [-0.39, 0.29) is 18.2 Å². The third kappa shape index (κ3) is 4.49. The van der Waals surface area contributed by atoms with Crippen LogP contribution in [0, 0.1) is 5.92 Å². The summed E-state index contributed by atoms with van der Waals surface area (Å²) in [4.78, 5) is 13.1. The van der Waals surface area contributed by atoms with Crippen molar-refractivity contribution in [3.63, 3.8) is 0 Å². The van der Waals surface area contributed by atoms with Gasteiger partial charge in [-0.05, 0) is 43.0 Å². The van der Waals surface area contributed by atoms with Crippen LogP contribution >= 0.6 is 11.3 Å². The van der Waals surface area contributed by atoms with Crippen LogP contribution in [0.3, 0.4) is 0 Å². The highest BCUT2D eigenvalue weighted by Gasteiger charge is 2.21. The first-order chi connectivity index (χ1) is 9.69. The summed E-state index contributed by atoms with van der Waals surface area (Å²) in [6.45, 7) is 2.73. The number of rotatable bonds is 5. The molecule has 0 saturated heterocycles. The van der Waals surface area contributed by atoms with Crippen molar-refractivity contribution in [2.45, 2.75) is 51.2 Å². The van der Waals surface area contributed by atoms with Crippen molar-refractivity contribution < 1.29 is 9.90 Å². The van der Waals surface area contributed by atoms with Crippen molar-refractivity contribution in [1.29, 1.82) is 0 Å². The van der Waals surface area contributed by atoms with Crippen molar-refractivity contribution in [3.05, 3.63) is 22.4 Å². The smallest absolute Gasteiger partial charge is 0.315 e. The van der Waals surface area contributed by atoms with Crippen LogP contribution in [0.25, 0.3) is 0 Å². The Morgan fingerprint density at radius 3 is 3.05 bits per heavy atom. The molecule has 1 aromatic rings. The summed E-state index contributed by atoms with van der Waals surface area (Å²) in [7, 11) is 0. The van der Waals surface area contributed by atoms with Gasteiger partial charge >= 0.3 is 6.03 Å². The molecule has 3 atom stereocenters. The van der Waals surface area contributed by atoms with Gasteiger partial charge in [-0.25, -0.2) is 4.79 Å². The summed E-state index contributed by atoms with van der Waals surface area (Å²) in [6.07, 6.45) is 4.56. The van der Waals surface area contributed by atoms with Gasteiger partial charge in [0.25, 0.3) is 0 Å². The van der Waals surface area contributed by atoms with Crippen LogP contribution in [0.1, 0.15) is 49.9 Å². The molecule has 2 rings (SSSR count). The summed E-state index contributed by atoms with van der Waals surface area (Å²) in [6, 6.07) is 4.04. The van der Waals surface area contributed by atoms with Gasteiger partial charge in [0.05, 0.1) is 12.1 Å². The second-order valence-corrected chi connectivity index (χ2v) is 6.50. The number of nitrogens with one attached hydrogen (secondary N) is 2. The zero-order chi connectivity index (χ0) is 14.4. The van der Waals surface area contributed by atoms with E-state index < -0.39 is 0 Å². The number of urea groups is 1. The highest BCUT2D eigenvalue weighted by atomic mass is 32.1. The lowest BCUT2D eigenvalue weighted by Gasteiger charge is -2.26. The van der Waals surface area contributed by atoms with E-state index >= 15 is 0 Å². The van der Waals surface area contributed by atoms with Crippen LogP contribution in [-0.2, 0) is 0 Å². The molecule has 0 bridgehead atoms. The largest absolute Gasteiger partial charge is 0.393 e. The average molecular weight is 296 g/mol. The molecule has 0 aliphatic heterocycles. The van der Waals surface area contributed by atoms with Crippen LogP contribution < -0.4 is 10.6 Å². The van der Waals surface area contributed by atoms with E-state index in [4.69, 9.17) is 0 Å². The predicted molar refractivity (Wildman–Crippen MR) is 81.9 cm³/mol. The highest BCUT2D eigenvalue weighted by Crippen LogP contribution is 2.24. The van der Waals surface area contributed by atoms with Crippen molar-refractivity contribution in [1.82, 2.24) is 10.6 Å². The van der Waals surface area contributed by atoms with Gasteiger partial charge in [0.2, 0.25) is 0 Å². The summed E-state index contributed by atoms with van der Waals surface area (Å²) in [5.74, 6) is 0.409. The lowest BCUT2D eigenvalue weighted by atomic mass is 9.87. The van der Waals surface area contributed by atoms with E-state index in [0.717, 1.165) is 32.1 Å². The molecule has 1 fully saturated rings. The third-order valence-corrected chi connectivity index (χ3v) is 4.89. The van der Waals surface area contributed by atoms with Crippen LogP contribution in [0.15, 0.2) is 17.5 Å². The zero-order valence-corrected chi connectivity index (χ0v) is 12.8. The molecule has 0 radical (unpaired) electrons. The van der Waals surface area contributed by atoms with Crippen molar-refractivity contribution >= 4 is 17.4 Å². The Morgan fingerprint density at radius 1 is 1.55 bits per heavy atom. The number of hydrogen-bond acceptors (Lipinski definition) is 3. The van der Waals surface area contributed by atoms with Crippen molar-refractivity contribution in [2.75, 3.05) is 6.54 Å². The van der Waals surface area contributed by atoms with Gasteiger partial charge in [-0.1, -0.05) is 19.4 Å². The van der Waals surface area contributed by atoms with Gasteiger partial charge in [0.15, 0.2) is 0 Å². The van der Waals surface area contributed by atoms with E-state index in [9.17, 15) is 9.90 Å². The highest BCUT2D eigenvalue weighted by molar-refractivity contribution is 7.10. The van der Waals surface area contributed by atoms with E-state index in [1.807, 2.05) is 11.4 Å². The first-order valence-corrected chi connectivity index (χ1v) is 8.32. The minimum Gasteiger partial charge on any atom is -0.393 e. The number of aliphatic hydroxyl groups is 1. The molecule has 1 aromatic heterocycles. The Kier molecular flexibility index (Phi) is 5.86. The molecule has 2 amide bonds. The molecule has 1 saturated carbocycles. The zero-order valence-electron chi connectivity index (χ0n) is 12.0. The Morgan fingerprint density at radius 2 is 2.40 bits per heavy atom. The number of hydrogen-bond donors (Lipinski definition) is 3. The second kappa shape index (κ2) is 7.64. The molecule has 0 aromatic carbocycles. The maximum Gasteiger partial charge on any atom is 0.315 e. The molecule has 1 heterocycles. The quantitative estimate of drug-likeness (QED) is 0.782. The minimum absolute atomic E-state index is 0.0898. The van der Waals surface area contributed by atoms with Gasteiger partial charge in [0.1, 0.15) is 0 Å². The van der Waals surface area contributed by atoms with Crippen molar-refractivity contribution in [2.24, 2.45) is 5.92 Å². The standard InChI is InChI=1S/C15H24N2O2S/c1-2-13(14-7-4-8-20-14)17-15(19)16-10-11-5-3-6-12(18)9-11/h4,7-8,11-13,18H,2-3,5-6,9-10H2,1H3,(H2,16,17,19). The number of carbonyl (C=O) groups excluding carboxylic acids is 1. The molecule has 1 aliphatic carbocycles. The Balaban J connectivity index is 1.74. The Labute approximate surface area is 124 Å². The normalized spacial score (nSPS) is 24.1. The maximum absolute atomic E-state index is 12.0. The fourth-order valence-corrected chi connectivity index (χ4v) is 3.62. The maximum atomic E-state index is 12.0. The molecule has 5 heteroatoms. The molecule has 20 heavy (non-hydrogen) atoms. The molecule has 4 nitrogen and oxygen atoms in total. The molecular formula is C15H24N2O2S. The summed E-state index contributed by atoms with van der Waals surface area (Å²) in [5.41, 5.74) is 0. The molecule has 3 N–H and O–H groups in total. The summed E-state index contributed by atoms with van der Waals surface area (Å²) < 4.78 is 0. The molecule has 3 unspecified atom stereocenters. The van der Waals surface area contributed by atoms with Crippen LogP contribution in [0.4, 0.5) is 4.79 Å². The number of aliphatic hydroxyl groups excluding tert-OH is 1. The Bertz CT molecular complexity index is 408. The summed E-state index contributed by atoms with van der Waals surface area (Å²) >= 11 is 1.67. The number of amides is 2. The summed E-state index contributed by atoms with van der Waals surface area (Å²) in [5, 5.41) is 17.6. The van der Waals surface area contributed by atoms with Gasteiger partial charge in [0, 0.05) is 11.4 Å². The molecule has 0 spiro atoms. The fraction of sp³-hybridized carbons (Fsp3) is 0.667. The van der Waals surface area contributed by atoms with E-state index in [2.05, 4.69) is 23.6 Å². The van der Waals surface area contributed by atoms with Gasteiger partial charge in [-0.2, -0.15) is 0 Å². The fourth-order valence-electron chi connectivity index (χ4n) is 2.76. The monoisotopic (exact) mass is 296 g/mol. The average Bonchev–Trinajstić information content (AvgIpc) is 2.96. The Hall–Kier alpha value is -1.07. The van der Waals surface area contributed by atoms with Crippen LogP contribution in [-0.4, -0.2) is 23.8 Å². The van der Waals surface area contributed by atoms with Gasteiger partial charge < -0.3 is 15.7 Å². The first kappa shape index (κ1) is 15.3. The minimum atomic E-state index is -0.187. The topological polar surface area (TPSA) is 61.4 Å². The van der Waals surface area contributed by atoms with Crippen molar-refractivity contribution in [3.8, 4) is 0 Å². The van der Waals surface area contributed by atoms with Gasteiger partial charge in [-0.3, -0.25) is 0 Å². The van der Waals surface area contributed by atoms with E-state index in [0.29, 0.717) is 12.5 Å². The lowest BCUT2D eigenvalue weighted by Crippen LogP contribution is -2.41. The molecular weight excluding hydrogens is 272 g/mol. The first-order valence-electron chi connectivity index (χ1n) is 7.44. The molecule has 1 aliphatic rings. The van der Waals surface area contributed by atoms with Gasteiger partial charge in [-0.15, -0.1) is 11.3 Å². The van der Waals surface area contributed by atoms with Crippen LogP contribution in [0.2, 0.25) is 0 Å². The predicted octanol–water partition coefficient (Wildman–Crippen LogP) is 3.05. The molecule has 112 valence electrons. The van der Waals surface area contributed by atoms with E-state index in [1.54, 1.807) is 11.3 Å². The second-order valence-electron chi connectivity index (χ2n) is 5.52. The number of thiophene rings is 1. The van der Waals surface area contributed by atoms with E-state index in [1.165, 1.54) is 4.88 Å². The van der Waals surface area contributed by atoms with Crippen LogP contribution in [0.5, 0.6) is 0 Å². The SMILES string of the molecule is CCC(NC(=O)NCC1CCCC(O)C1)c1cccs1. The third-order valence-electron chi connectivity index (χ3n) is 3.91. The lowest BCUT2D eigenvalue weighted by molar-refractivity contribution is 0.101. The number of carbonyl (C=O) groups is 1.